The molecule has 0 saturated carbocycles. The molecule has 0 bridgehead atoms. The Kier molecular flexibility index (Phi) is 3.80. The third kappa shape index (κ3) is 3.40. The first kappa shape index (κ1) is 10.2. The number of allylic oxidation sites excluding steroid dienone is 1. The Morgan fingerprint density at radius 2 is 1.87 bits per heavy atom. The van der Waals surface area contributed by atoms with Crippen molar-refractivity contribution >= 4 is 0 Å². The Morgan fingerprint density at radius 3 is 2.60 bits per heavy atom. The molecule has 0 unspecified atom stereocenters. The van der Waals surface area contributed by atoms with Gasteiger partial charge in [0.1, 0.15) is 0 Å². The number of benzene rings is 1. The van der Waals surface area contributed by atoms with Crippen LogP contribution in [0.1, 0.15) is 5.56 Å². The van der Waals surface area contributed by atoms with Gasteiger partial charge in [-0.2, -0.15) is 0 Å². The molecule has 1 aliphatic heterocycles. The highest BCUT2D eigenvalue weighted by Gasteiger charge is 2.04. The molecule has 2 rings (SSSR count). The van der Waals surface area contributed by atoms with Gasteiger partial charge in [-0.25, -0.2) is 5.32 Å². The van der Waals surface area contributed by atoms with E-state index in [4.69, 9.17) is 0 Å². The Hall–Kier alpha value is -1.28. The summed E-state index contributed by atoms with van der Waals surface area (Å²) in [6, 6.07) is 10.6. The largest absolute Gasteiger partial charge is 0.375 e. The predicted molar refractivity (Wildman–Crippen MR) is 62.7 cm³/mol. The Morgan fingerprint density at radius 1 is 1.13 bits per heavy atom. The molecular weight excluding hydrogens is 184 g/mol. The zero-order valence-electron chi connectivity index (χ0n) is 8.97. The van der Waals surface area contributed by atoms with E-state index in [1.165, 1.54) is 5.56 Å². The SMILES string of the molecule is C(=CN1CC[N]CC1)Cc1ccccc1. The van der Waals surface area contributed by atoms with Crippen molar-refractivity contribution in [2.45, 2.75) is 6.42 Å². The van der Waals surface area contributed by atoms with E-state index in [2.05, 4.69) is 52.8 Å². The molecule has 0 N–H and O–H groups in total. The van der Waals surface area contributed by atoms with E-state index < -0.39 is 0 Å². The van der Waals surface area contributed by atoms with Gasteiger partial charge in [-0.3, -0.25) is 0 Å². The lowest BCUT2D eigenvalue weighted by atomic mass is 10.1. The van der Waals surface area contributed by atoms with Gasteiger partial charge in [0.2, 0.25) is 0 Å². The minimum absolute atomic E-state index is 0.982. The highest BCUT2D eigenvalue weighted by molar-refractivity contribution is 5.17. The highest BCUT2D eigenvalue weighted by atomic mass is 15.2. The maximum absolute atomic E-state index is 4.32. The van der Waals surface area contributed by atoms with E-state index in [9.17, 15) is 0 Å². The number of nitrogens with zero attached hydrogens (tertiary/aromatic N) is 2. The first-order valence-corrected chi connectivity index (χ1v) is 5.53. The zero-order chi connectivity index (χ0) is 10.3. The van der Waals surface area contributed by atoms with Crippen LogP contribution in [0.5, 0.6) is 0 Å². The fourth-order valence-corrected chi connectivity index (χ4v) is 1.72. The van der Waals surface area contributed by atoms with Crippen molar-refractivity contribution in [2.75, 3.05) is 26.2 Å². The van der Waals surface area contributed by atoms with Crippen LogP contribution in [0.15, 0.2) is 42.6 Å². The van der Waals surface area contributed by atoms with Crippen molar-refractivity contribution in [3.8, 4) is 0 Å². The molecule has 79 valence electrons. The summed E-state index contributed by atoms with van der Waals surface area (Å²) >= 11 is 0. The maximum atomic E-state index is 4.32. The summed E-state index contributed by atoms with van der Waals surface area (Å²) in [5.74, 6) is 0. The molecule has 1 heterocycles. The van der Waals surface area contributed by atoms with Gasteiger partial charge in [0.25, 0.3) is 0 Å². The van der Waals surface area contributed by atoms with Gasteiger partial charge < -0.3 is 4.90 Å². The van der Waals surface area contributed by atoms with Crippen LogP contribution in [0.3, 0.4) is 0 Å². The fraction of sp³-hybridized carbons (Fsp3) is 0.385. The van der Waals surface area contributed by atoms with Crippen LogP contribution < -0.4 is 5.32 Å². The second kappa shape index (κ2) is 5.56. The van der Waals surface area contributed by atoms with Crippen LogP contribution in [0.2, 0.25) is 0 Å². The van der Waals surface area contributed by atoms with Crippen LogP contribution in [0.25, 0.3) is 0 Å². The van der Waals surface area contributed by atoms with Gasteiger partial charge in [0, 0.05) is 26.2 Å². The normalized spacial score (nSPS) is 17.2. The molecule has 2 heteroatoms. The second-order valence-electron chi connectivity index (χ2n) is 3.78. The van der Waals surface area contributed by atoms with Gasteiger partial charge in [0.05, 0.1) is 0 Å². The number of hydrogen-bond acceptors (Lipinski definition) is 1. The van der Waals surface area contributed by atoms with E-state index in [1.54, 1.807) is 0 Å². The number of rotatable bonds is 3. The van der Waals surface area contributed by atoms with Crippen molar-refractivity contribution in [2.24, 2.45) is 0 Å². The summed E-state index contributed by atoms with van der Waals surface area (Å²) in [7, 11) is 0. The van der Waals surface area contributed by atoms with Crippen LogP contribution in [0.4, 0.5) is 0 Å². The third-order valence-electron chi connectivity index (χ3n) is 2.60. The summed E-state index contributed by atoms with van der Waals surface area (Å²) in [4.78, 5) is 2.34. The molecule has 1 aliphatic rings. The van der Waals surface area contributed by atoms with E-state index in [0.717, 1.165) is 32.6 Å². The van der Waals surface area contributed by atoms with Gasteiger partial charge in [-0.05, 0) is 18.2 Å². The summed E-state index contributed by atoms with van der Waals surface area (Å²) in [5.41, 5.74) is 1.37. The zero-order valence-corrected chi connectivity index (χ0v) is 8.97. The molecule has 1 fully saturated rings. The predicted octanol–water partition coefficient (Wildman–Crippen LogP) is 1.66. The van der Waals surface area contributed by atoms with Crippen LogP contribution in [0, 0.1) is 0 Å². The third-order valence-corrected chi connectivity index (χ3v) is 2.60. The first-order chi connectivity index (χ1) is 7.45. The monoisotopic (exact) mass is 201 g/mol. The summed E-state index contributed by atoms with van der Waals surface area (Å²) in [5, 5.41) is 4.32. The van der Waals surface area contributed by atoms with Gasteiger partial charge in [-0.1, -0.05) is 36.4 Å². The Balaban J connectivity index is 1.79. The van der Waals surface area contributed by atoms with E-state index >= 15 is 0 Å². The smallest absolute Gasteiger partial charge is 0.0314 e. The minimum Gasteiger partial charge on any atom is -0.375 e. The molecule has 0 aliphatic carbocycles. The molecular formula is C13H17N2. The fourth-order valence-electron chi connectivity index (χ4n) is 1.72. The lowest BCUT2D eigenvalue weighted by Crippen LogP contribution is -2.36. The molecule has 0 aromatic heterocycles. The molecule has 0 amide bonds. The van der Waals surface area contributed by atoms with Crippen molar-refractivity contribution in [3.05, 3.63) is 48.2 Å². The summed E-state index contributed by atoms with van der Waals surface area (Å²) in [6.07, 6.45) is 5.47. The quantitative estimate of drug-likeness (QED) is 0.727. The average Bonchev–Trinajstić information content (AvgIpc) is 2.32. The molecule has 2 nitrogen and oxygen atoms in total. The summed E-state index contributed by atoms with van der Waals surface area (Å²) in [6.45, 7) is 4.11. The molecule has 1 radical (unpaired) electrons. The van der Waals surface area contributed by atoms with Gasteiger partial charge in [0.15, 0.2) is 0 Å². The van der Waals surface area contributed by atoms with E-state index in [-0.39, 0.29) is 0 Å². The molecule has 15 heavy (non-hydrogen) atoms. The topological polar surface area (TPSA) is 17.3 Å². The van der Waals surface area contributed by atoms with Gasteiger partial charge >= 0.3 is 0 Å². The Bertz CT molecular complexity index is 300. The molecule has 1 saturated heterocycles. The average molecular weight is 201 g/mol. The molecule has 0 spiro atoms. The van der Waals surface area contributed by atoms with Crippen LogP contribution >= 0.6 is 0 Å². The van der Waals surface area contributed by atoms with Gasteiger partial charge in [-0.15, -0.1) is 0 Å². The molecule has 1 aromatic carbocycles. The number of piperazine rings is 1. The summed E-state index contributed by atoms with van der Waals surface area (Å²) < 4.78 is 0. The lowest BCUT2D eigenvalue weighted by molar-refractivity contribution is 0.320. The van der Waals surface area contributed by atoms with Crippen molar-refractivity contribution < 1.29 is 0 Å². The highest BCUT2D eigenvalue weighted by Crippen LogP contribution is 2.01. The standard InChI is InChI=1S/C13H17N2/c1-2-5-13(6-3-1)7-4-10-15-11-8-14-9-12-15/h1-6,10H,7-9,11-12H2. The van der Waals surface area contributed by atoms with Crippen molar-refractivity contribution in [1.82, 2.24) is 10.2 Å². The molecule has 0 atom stereocenters. The number of hydrogen-bond donors (Lipinski definition) is 0. The maximum Gasteiger partial charge on any atom is 0.0314 e. The lowest BCUT2D eigenvalue weighted by Gasteiger charge is -2.24. The van der Waals surface area contributed by atoms with Crippen molar-refractivity contribution in [1.29, 1.82) is 0 Å². The second-order valence-corrected chi connectivity index (χ2v) is 3.78. The van der Waals surface area contributed by atoms with Crippen LogP contribution in [-0.2, 0) is 6.42 Å². The van der Waals surface area contributed by atoms with Crippen LogP contribution in [-0.4, -0.2) is 31.1 Å². The first-order valence-electron chi connectivity index (χ1n) is 5.53. The van der Waals surface area contributed by atoms with E-state index in [1.807, 2.05) is 0 Å². The molecule has 1 aromatic rings. The minimum atomic E-state index is 0.982. The Labute approximate surface area is 91.6 Å². The van der Waals surface area contributed by atoms with Crippen molar-refractivity contribution in [3.63, 3.8) is 0 Å². The van der Waals surface area contributed by atoms with E-state index in [0.29, 0.717) is 0 Å².